The first-order chi connectivity index (χ1) is 8.54. The van der Waals surface area contributed by atoms with Crippen LogP contribution in [0.1, 0.15) is 65.2 Å². The zero-order chi connectivity index (χ0) is 13.9. The van der Waals surface area contributed by atoms with Gasteiger partial charge in [-0.25, -0.2) is 0 Å². The lowest BCUT2D eigenvalue weighted by Gasteiger charge is -2.17. The monoisotopic (exact) mass is 330 g/mol. The molecule has 2 unspecified atom stereocenters. The molecule has 2 nitrogen and oxygen atoms in total. The van der Waals surface area contributed by atoms with Crippen LogP contribution in [0.5, 0.6) is 0 Å². The number of hydrogen-bond acceptors (Lipinski definition) is 3. The van der Waals surface area contributed by atoms with E-state index in [4.69, 9.17) is 27.5 Å². The van der Waals surface area contributed by atoms with Crippen molar-refractivity contribution in [3.63, 3.8) is 0 Å². The van der Waals surface area contributed by atoms with Crippen LogP contribution in [0.4, 0.5) is 0 Å². The topological polar surface area (TPSA) is 29.5 Å². The summed E-state index contributed by atoms with van der Waals surface area (Å²) in [7, 11) is -0.548. The van der Waals surface area contributed by atoms with Crippen molar-refractivity contribution in [3.8, 4) is 0 Å². The van der Waals surface area contributed by atoms with Crippen LogP contribution in [0.2, 0.25) is 0 Å². The molecule has 0 aromatic carbocycles. The van der Waals surface area contributed by atoms with Crippen LogP contribution in [0, 0.1) is 0 Å². The maximum atomic E-state index is 10.1. The Morgan fingerprint density at radius 2 is 1.56 bits per heavy atom. The Kier molecular flexibility index (Phi) is 12.7. The summed E-state index contributed by atoms with van der Waals surface area (Å²) in [6.07, 6.45) is 9.25. The SMILES string of the molecule is CCCCCCOP(O)(=S)S(=S)CCCCCC. The molecule has 0 heterocycles. The first-order valence-electron chi connectivity index (χ1n) is 6.91. The van der Waals surface area contributed by atoms with Gasteiger partial charge >= 0.3 is 0 Å². The van der Waals surface area contributed by atoms with Crippen molar-refractivity contribution in [2.24, 2.45) is 0 Å². The van der Waals surface area contributed by atoms with Crippen LogP contribution in [-0.4, -0.2) is 17.3 Å². The second kappa shape index (κ2) is 11.9. The minimum absolute atomic E-state index is 0.548. The molecule has 0 radical (unpaired) electrons. The molecule has 0 saturated carbocycles. The number of hydrogen-bond donors (Lipinski definition) is 1. The summed E-state index contributed by atoms with van der Waals surface area (Å²) >= 11 is 10.5. The Morgan fingerprint density at radius 3 is 2.11 bits per heavy atom. The molecule has 0 aliphatic heterocycles. The maximum Gasteiger partial charge on any atom is 0.248 e. The molecule has 1 N–H and O–H groups in total. The second-order valence-electron chi connectivity index (χ2n) is 4.45. The van der Waals surface area contributed by atoms with E-state index in [1.54, 1.807) is 0 Å². The summed E-state index contributed by atoms with van der Waals surface area (Å²) in [5.41, 5.74) is -2.70. The highest BCUT2D eigenvalue weighted by molar-refractivity contribution is 8.74. The first-order valence-corrected chi connectivity index (χ1v) is 12.5. The first kappa shape index (κ1) is 19.1. The second-order valence-corrected chi connectivity index (χ2v) is 13.6. The summed E-state index contributed by atoms with van der Waals surface area (Å²) in [4.78, 5) is 10.1. The van der Waals surface area contributed by atoms with Gasteiger partial charge in [0.2, 0.25) is 5.69 Å². The van der Waals surface area contributed by atoms with E-state index in [0.29, 0.717) is 6.61 Å². The van der Waals surface area contributed by atoms with E-state index in [-0.39, 0.29) is 0 Å². The van der Waals surface area contributed by atoms with Crippen LogP contribution in [0.15, 0.2) is 0 Å². The summed E-state index contributed by atoms with van der Waals surface area (Å²) in [6.45, 7) is 4.93. The number of rotatable bonds is 12. The van der Waals surface area contributed by atoms with Gasteiger partial charge < -0.3 is 9.42 Å². The highest BCUT2D eigenvalue weighted by Gasteiger charge is 2.18. The lowest BCUT2D eigenvalue weighted by molar-refractivity contribution is 0.308. The van der Waals surface area contributed by atoms with Gasteiger partial charge in [0, 0.05) is 5.75 Å². The third-order valence-corrected chi connectivity index (χ3v) is 11.9. The van der Waals surface area contributed by atoms with Gasteiger partial charge in [-0.2, -0.15) is 0 Å². The van der Waals surface area contributed by atoms with E-state index in [9.17, 15) is 4.89 Å². The molecule has 0 saturated heterocycles. The van der Waals surface area contributed by atoms with E-state index in [2.05, 4.69) is 13.8 Å². The van der Waals surface area contributed by atoms with Crippen molar-refractivity contribution in [3.05, 3.63) is 0 Å². The maximum absolute atomic E-state index is 10.1. The summed E-state index contributed by atoms with van der Waals surface area (Å²) < 4.78 is 5.48. The Hall–Kier alpha value is 1.14. The van der Waals surface area contributed by atoms with E-state index in [1.807, 2.05) is 0 Å². The van der Waals surface area contributed by atoms with Gasteiger partial charge in [-0.1, -0.05) is 52.4 Å². The van der Waals surface area contributed by atoms with Gasteiger partial charge in [0.25, 0.3) is 0 Å². The van der Waals surface area contributed by atoms with Gasteiger partial charge in [-0.05, 0) is 44.9 Å². The van der Waals surface area contributed by atoms with E-state index in [1.165, 1.54) is 32.1 Å². The third-order valence-electron chi connectivity index (χ3n) is 2.68. The molecule has 0 rings (SSSR count). The minimum Gasteiger partial charge on any atom is -0.337 e. The molecule has 18 heavy (non-hydrogen) atoms. The van der Waals surface area contributed by atoms with Gasteiger partial charge in [0.15, 0.2) is 0 Å². The lowest BCUT2D eigenvalue weighted by Crippen LogP contribution is -2.01. The average Bonchev–Trinajstić information content (AvgIpc) is 2.34. The van der Waals surface area contributed by atoms with E-state index >= 15 is 0 Å². The lowest BCUT2D eigenvalue weighted by atomic mass is 10.2. The number of unbranched alkanes of at least 4 members (excludes halogenated alkanes) is 6. The molecule has 0 aliphatic carbocycles. The van der Waals surface area contributed by atoms with Crippen molar-refractivity contribution >= 4 is 37.8 Å². The Balaban J connectivity index is 3.75. The summed E-state index contributed by atoms with van der Waals surface area (Å²) in [5.74, 6) is 0.845. The van der Waals surface area contributed by atoms with Crippen LogP contribution in [-0.2, 0) is 36.6 Å². The van der Waals surface area contributed by atoms with Gasteiger partial charge in [0.1, 0.15) is 0 Å². The smallest absolute Gasteiger partial charge is 0.248 e. The Morgan fingerprint density at radius 1 is 1.00 bits per heavy atom. The van der Waals surface area contributed by atoms with E-state index in [0.717, 1.165) is 25.0 Å². The van der Waals surface area contributed by atoms with Gasteiger partial charge in [-0.15, -0.1) is 0 Å². The largest absolute Gasteiger partial charge is 0.337 e. The standard InChI is InChI=1S/C12H27O2PS3/c1-3-5-7-9-11-14-15(13,16)18(17)12-10-8-6-4-2/h3-12H2,1-2H3,(H,13,16). The fourth-order valence-electron chi connectivity index (χ4n) is 1.54. The molecule has 2 atom stereocenters. The summed E-state index contributed by atoms with van der Waals surface area (Å²) in [5, 5.41) is 0. The highest BCUT2D eigenvalue weighted by atomic mass is 33.2. The molecule has 6 heteroatoms. The minimum atomic E-state index is -2.70. The quantitative estimate of drug-likeness (QED) is 0.422. The molecular weight excluding hydrogens is 303 g/mol. The normalized spacial score (nSPS) is 16.4. The van der Waals surface area contributed by atoms with Crippen LogP contribution in [0.3, 0.4) is 0 Å². The molecule has 0 bridgehead atoms. The Bertz CT molecular complexity index is 272. The van der Waals surface area contributed by atoms with Crippen molar-refractivity contribution in [2.75, 3.05) is 12.4 Å². The summed E-state index contributed by atoms with van der Waals surface area (Å²) in [6, 6.07) is 0. The Labute approximate surface area is 124 Å². The van der Waals surface area contributed by atoms with Crippen molar-refractivity contribution in [2.45, 2.75) is 65.2 Å². The molecule has 0 spiro atoms. The molecule has 0 aromatic heterocycles. The zero-order valence-electron chi connectivity index (χ0n) is 11.6. The average molecular weight is 331 g/mol. The molecule has 0 fully saturated rings. The van der Waals surface area contributed by atoms with Crippen LogP contribution in [0.25, 0.3) is 0 Å². The van der Waals surface area contributed by atoms with Crippen molar-refractivity contribution in [1.29, 1.82) is 0 Å². The zero-order valence-corrected chi connectivity index (χ0v) is 14.9. The predicted molar refractivity (Wildman–Crippen MR) is 90.3 cm³/mol. The van der Waals surface area contributed by atoms with Crippen LogP contribution < -0.4 is 0 Å². The predicted octanol–water partition coefficient (Wildman–Crippen LogP) is 4.46. The fourth-order valence-corrected chi connectivity index (χ4v) is 5.99. The van der Waals surface area contributed by atoms with Gasteiger partial charge in [0.05, 0.1) is 6.61 Å². The molecular formula is C12H27O2PS3. The van der Waals surface area contributed by atoms with Crippen LogP contribution >= 0.6 is 5.69 Å². The molecule has 0 aliphatic rings. The highest BCUT2D eigenvalue weighted by Crippen LogP contribution is 2.47. The molecule has 0 aromatic rings. The molecule has 110 valence electrons. The third kappa shape index (κ3) is 9.99. The van der Waals surface area contributed by atoms with Crippen molar-refractivity contribution in [1.82, 2.24) is 0 Å². The van der Waals surface area contributed by atoms with Crippen molar-refractivity contribution < 1.29 is 9.42 Å². The molecule has 0 amide bonds. The fraction of sp³-hybridized carbons (Fsp3) is 1.00. The van der Waals surface area contributed by atoms with Gasteiger partial charge in [-0.3, -0.25) is 0 Å². The van der Waals surface area contributed by atoms with E-state index < -0.39 is 14.8 Å².